The highest BCUT2D eigenvalue weighted by Gasteiger charge is 2.37. The Labute approximate surface area is 320 Å². The van der Waals surface area contributed by atoms with Gasteiger partial charge in [-0.3, -0.25) is 4.79 Å². The van der Waals surface area contributed by atoms with E-state index in [0.29, 0.717) is 37.4 Å². The molecule has 2 aromatic carbocycles. The van der Waals surface area contributed by atoms with Gasteiger partial charge in [0.2, 0.25) is 5.91 Å². The van der Waals surface area contributed by atoms with Gasteiger partial charge in [0.05, 0.1) is 18.4 Å². The third kappa shape index (κ3) is 14.3. The van der Waals surface area contributed by atoms with Crippen molar-refractivity contribution in [1.29, 1.82) is 0 Å². The average Bonchev–Trinajstić information content (AvgIpc) is 3.44. The predicted octanol–water partition coefficient (Wildman–Crippen LogP) is 7.61. The normalized spacial score (nSPS) is 13.6. The summed E-state index contributed by atoms with van der Waals surface area (Å²) < 4.78 is 42.5. The number of hydrogen-bond donors (Lipinski definition) is 2. The quantitative estimate of drug-likeness (QED) is 0.136. The number of hydrogen-bond acceptors (Lipinski definition) is 7. The lowest BCUT2D eigenvalue weighted by Crippen LogP contribution is -2.46. The number of alkyl carbamates (subject to hydrolysis) is 1. The summed E-state index contributed by atoms with van der Waals surface area (Å²) in [6.07, 6.45) is 7.95. The van der Waals surface area contributed by atoms with E-state index < -0.39 is 56.8 Å². The number of amides is 2. The molecule has 3 N–H and O–H groups in total. The van der Waals surface area contributed by atoms with E-state index in [9.17, 15) is 18.8 Å². The highest BCUT2D eigenvalue weighted by Crippen LogP contribution is 2.41. The number of aromatic nitrogens is 1. The molecule has 0 aliphatic carbocycles. The van der Waals surface area contributed by atoms with Gasteiger partial charge in [-0.2, -0.15) is 0 Å². The molecule has 0 saturated heterocycles. The third-order valence-corrected chi connectivity index (χ3v) is 10.5. The van der Waals surface area contributed by atoms with Crippen LogP contribution >= 0.6 is 21.8 Å². The van der Waals surface area contributed by atoms with Crippen LogP contribution in [0.25, 0.3) is 11.1 Å². The zero-order chi connectivity index (χ0) is 39.6. The van der Waals surface area contributed by atoms with Gasteiger partial charge in [-0.25, -0.2) is 28.4 Å². The number of ether oxygens (including phenoxy) is 2. The van der Waals surface area contributed by atoms with E-state index in [1.807, 2.05) is 61.7 Å². The summed E-state index contributed by atoms with van der Waals surface area (Å²) in [5.74, 6) is -1.12. The van der Waals surface area contributed by atoms with Crippen molar-refractivity contribution in [1.82, 2.24) is 14.8 Å². The molecule has 13 heteroatoms. The number of thioether (sulfide) groups is 1. The molecule has 1 heterocycles. The number of esters is 1. The molecule has 0 aliphatic heterocycles. The van der Waals surface area contributed by atoms with Crippen LogP contribution in [0.1, 0.15) is 65.3 Å². The summed E-state index contributed by atoms with van der Waals surface area (Å²) in [6, 6.07) is 13.5. The molecule has 0 spiro atoms. The molecular weight excluding hydrogens is 719 g/mol. The minimum Gasteiger partial charge on any atom is -0.463 e. The zero-order valence-corrected chi connectivity index (χ0v) is 34.3. The Morgan fingerprint density at radius 3 is 2.28 bits per heavy atom. The fourth-order valence-corrected chi connectivity index (χ4v) is 7.23. The molecule has 0 unspecified atom stereocenters. The number of nitrogens with two attached hydrogens (primary N) is 1. The van der Waals surface area contributed by atoms with Gasteiger partial charge in [0.15, 0.2) is 0 Å². The second kappa shape index (κ2) is 19.2. The monoisotopic (exact) mass is 776 g/mol. The lowest BCUT2D eigenvalue weighted by atomic mass is 9.83. The minimum absolute atomic E-state index is 0.00611. The maximum absolute atomic E-state index is 15.1. The Morgan fingerprint density at radius 2 is 1.68 bits per heavy atom. The average molecular weight is 777 g/mol. The fourth-order valence-electron chi connectivity index (χ4n) is 5.73. The van der Waals surface area contributed by atoms with Gasteiger partial charge < -0.3 is 30.0 Å². The largest absolute Gasteiger partial charge is 0.463 e. The van der Waals surface area contributed by atoms with Crippen LogP contribution in [0.3, 0.4) is 0 Å². The second-order valence-electron chi connectivity index (χ2n) is 16.1. The Hall–Kier alpha value is -3.55. The molecule has 9 nitrogen and oxygen atoms in total. The first-order valence-corrected chi connectivity index (χ1v) is 22.0. The maximum atomic E-state index is 15.1. The van der Waals surface area contributed by atoms with E-state index in [1.165, 1.54) is 17.8 Å². The molecule has 3 aromatic rings. The molecule has 0 saturated carbocycles. The summed E-state index contributed by atoms with van der Waals surface area (Å²) in [6.45, 7) is 12.6. The zero-order valence-electron chi connectivity index (χ0n) is 32.7. The first kappa shape index (κ1) is 43.9. The molecule has 1 aromatic heterocycles. The van der Waals surface area contributed by atoms with Crippen molar-refractivity contribution in [2.24, 2.45) is 11.1 Å². The summed E-state index contributed by atoms with van der Waals surface area (Å²) in [7, 11) is -0.911. The van der Waals surface area contributed by atoms with Crippen molar-refractivity contribution in [3.63, 3.8) is 0 Å². The first-order valence-electron chi connectivity index (χ1n) is 17.8. The summed E-state index contributed by atoms with van der Waals surface area (Å²) in [5.41, 5.74) is 7.05. The highest BCUT2D eigenvalue weighted by molar-refractivity contribution is 8.32. The van der Waals surface area contributed by atoms with Gasteiger partial charge in [0, 0.05) is 47.6 Å². The van der Waals surface area contributed by atoms with Crippen molar-refractivity contribution < 1.29 is 32.6 Å². The van der Waals surface area contributed by atoms with Crippen LogP contribution in [0.4, 0.5) is 13.6 Å². The Morgan fingerprint density at radius 1 is 1.00 bits per heavy atom. The Bertz CT molecular complexity index is 1670. The highest BCUT2D eigenvalue weighted by atomic mass is 32.3. The summed E-state index contributed by atoms with van der Waals surface area (Å²) in [5, 5.41) is 2.64. The number of carbonyl (C=O) groups excluding carboxylic acids is 3. The molecule has 294 valence electrons. The van der Waals surface area contributed by atoms with Crippen LogP contribution in [-0.4, -0.2) is 94.8 Å². The van der Waals surface area contributed by atoms with Crippen molar-refractivity contribution >= 4 is 39.8 Å². The van der Waals surface area contributed by atoms with Crippen LogP contribution in [0, 0.1) is 17.0 Å². The molecule has 3 rings (SSSR count). The second-order valence-corrected chi connectivity index (χ2v) is 21.7. The Balaban J connectivity index is 1.96. The van der Waals surface area contributed by atoms with E-state index in [0.717, 1.165) is 23.4 Å². The van der Waals surface area contributed by atoms with Gasteiger partial charge in [-0.15, -0.1) is 11.8 Å². The molecule has 2 amide bonds. The maximum Gasteiger partial charge on any atom is 0.408 e. The topological polar surface area (TPSA) is 116 Å². The van der Waals surface area contributed by atoms with Crippen molar-refractivity contribution in [3.05, 3.63) is 83.7 Å². The summed E-state index contributed by atoms with van der Waals surface area (Å²) in [4.78, 5) is 42.0. The van der Waals surface area contributed by atoms with Crippen molar-refractivity contribution in [2.75, 3.05) is 55.7 Å². The lowest BCUT2D eigenvalue weighted by Gasteiger charge is -2.41. The molecule has 0 radical (unpaired) electrons. The van der Waals surface area contributed by atoms with E-state index in [-0.39, 0.29) is 29.6 Å². The number of nitrogens with zero attached hydrogens (tertiary/aromatic N) is 2. The molecular formula is C40H58F2N4O5S2. The van der Waals surface area contributed by atoms with E-state index in [4.69, 9.17) is 15.2 Å². The smallest absolute Gasteiger partial charge is 0.408 e. The Kier molecular flexibility index (Phi) is 15.9. The lowest BCUT2D eigenvalue weighted by molar-refractivity contribution is -0.144. The number of halogens is 2. The standard InChI is InChI=1S/C40H58F2N4O5S2/c1-39(2,3)36(34-22-29(31-23-30(41)16-17-32(31)42)25-45(34)24-28-14-11-10-12-15-28)46(19-13-18-43)35(47)27-52-26-33(44-38(49)51-40(4,5)6)37(48)50-20-21-53(7,8)9/h10-12,14-17,22-23,25,33,36H,13,18-21,24,26-27,43H2,1-9H3,(H,44,49)/t33-,36-/m0/s1. The molecule has 2 atom stereocenters. The van der Waals surface area contributed by atoms with Crippen LogP contribution < -0.4 is 11.1 Å². The first-order chi connectivity index (χ1) is 24.7. The number of benzene rings is 2. The van der Waals surface area contributed by atoms with Crippen LogP contribution in [0.15, 0.2) is 60.8 Å². The third-order valence-electron chi connectivity index (χ3n) is 8.13. The molecule has 0 aliphatic rings. The van der Waals surface area contributed by atoms with Crippen LogP contribution in [0.5, 0.6) is 0 Å². The molecule has 53 heavy (non-hydrogen) atoms. The van der Waals surface area contributed by atoms with Gasteiger partial charge in [-0.05, 0) is 87.7 Å². The number of rotatable bonds is 17. The van der Waals surface area contributed by atoms with Gasteiger partial charge >= 0.3 is 12.1 Å². The predicted molar refractivity (Wildman–Crippen MR) is 215 cm³/mol. The van der Waals surface area contributed by atoms with Gasteiger partial charge in [0.25, 0.3) is 0 Å². The fraction of sp³-hybridized carbons (Fsp3) is 0.525. The summed E-state index contributed by atoms with van der Waals surface area (Å²) >= 11 is 1.21. The number of nitrogens with one attached hydrogen (secondary N) is 1. The SMILES string of the molecule is CC(C)(C)OC(=O)N[C@@H](CSCC(=O)N(CCCN)[C@@H](c1cc(-c2cc(F)ccc2F)cn1Cc1ccccc1)C(C)(C)C)C(=O)OCCS(C)(C)C. The van der Waals surface area contributed by atoms with E-state index in [2.05, 4.69) is 24.1 Å². The number of carbonyl (C=O) groups is 3. The molecule has 0 fully saturated rings. The van der Waals surface area contributed by atoms with E-state index >= 15 is 4.39 Å². The van der Waals surface area contributed by atoms with Crippen LogP contribution in [0.2, 0.25) is 0 Å². The molecule has 0 bridgehead atoms. The van der Waals surface area contributed by atoms with Crippen LogP contribution in [-0.2, 0) is 25.6 Å². The van der Waals surface area contributed by atoms with E-state index in [1.54, 1.807) is 31.9 Å². The van der Waals surface area contributed by atoms with Crippen molar-refractivity contribution in [3.8, 4) is 11.1 Å². The minimum atomic E-state index is -1.04. The van der Waals surface area contributed by atoms with Gasteiger partial charge in [0.1, 0.15) is 23.3 Å². The van der Waals surface area contributed by atoms with Crippen molar-refractivity contribution in [2.45, 2.75) is 72.2 Å². The van der Waals surface area contributed by atoms with Gasteiger partial charge in [-0.1, -0.05) is 51.1 Å².